The van der Waals surface area contributed by atoms with E-state index in [1.807, 2.05) is 18.7 Å². The van der Waals surface area contributed by atoms with Crippen molar-refractivity contribution in [1.29, 1.82) is 0 Å². The van der Waals surface area contributed by atoms with Gasteiger partial charge >= 0.3 is 0 Å². The van der Waals surface area contributed by atoms with Crippen LogP contribution < -0.4 is 0 Å². The molecule has 126 valence electrons. The van der Waals surface area contributed by atoms with E-state index in [9.17, 15) is 9.90 Å². The second-order valence-corrected chi connectivity index (χ2v) is 7.07. The summed E-state index contributed by atoms with van der Waals surface area (Å²) >= 11 is 0. The van der Waals surface area contributed by atoms with Crippen LogP contribution in [0.1, 0.15) is 44.2 Å². The fourth-order valence-electron chi connectivity index (χ4n) is 4.10. The van der Waals surface area contributed by atoms with Gasteiger partial charge in [-0.25, -0.2) is 0 Å². The number of hydrogen-bond acceptors (Lipinski definition) is 3. The van der Waals surface area contributed by atoms with Gasteiger partial charge in [-0.3, -0.25) is 9.69 Å². The fourth-order valence-corrected chi connectivity index (χ4v) is 4.10. The Hall–Kier alpha value is -1.39. The summed E-state index contributed by atoms with van der Waals surface area (Å²) in [7, 11) is 0. The Labute approximate surface area is 139 Å². The summed E-state index contributed by atoms with van der Waals surface area (Å²) in [6.07, 6.45) is 3.62. The zero-order valence-corrected chi connectivity index (χ0v) is 14.2. The molecule has 1 amide bonds. The minimum atomic E-state index is -0.301. The predicted molar refractivity (Wildman–Crippen MR) is 91.1 cm³/mol. The predicted octanol–water partition coefficient (Wildman–Crippen LogP) is 2.20. The van der Waals surface area contributed by atoms with Crippen molar-refractivity contribution in [2.45, 2.75) is 64.3 Å². The van der Waals surface area contributed by atoms with Gasteiger partial charge in [-0.05, 0) is 57.2 Å². The van der Waals surface area contributed by atoms with Crippen molar-refractivity contribution >= 4 is 5.91 Å². The lowest BCUT2D eigenvalue weighted by atomic mass is 9.99. The number of aliphatic hydroxyl groups excluding tert-OH is 1. The van der Waals surface area contributed by atoms with Crippen molar-refractivity contribution < 1.29 is 9.90 Å². The highest BCUT2D eigenvalue weighted by Gasteiger charge is 2.35. The molecule has 2 aliphatic rings. The SMILES string of the molecule is CC(O)CC1CCCN1C(C)C(=O)N1CCc2ccccc2C1. The zero-order valence-electron chi connectivity index (χ0n) is 14.2. The molecule has 4 heteroatoms. The van der Waals surface area contributed by atoms with Gasteiger partial charge in [0, 0.05) is 19.1 Å². The molecule has 1 aromatic rings. The zero-order chi connectivity index (χ0) is 16.4. The molecule has 0 aromatic heterocycles. The van der Waals surface area contributed by atoms with Gasteiger partial charge in [0.2, 0.25) is 5.91 Å². The smallest absolute Gasteiger partial charge is 0.239 e. The van der Waals surface area contributed by atoms with Crippen LogP contribution in [-0.4, -0.2) is 52.1 Å². The van der Waals surface area contributed by atoms with Crippen molar-refractivity contribution in [3.8, 4) is 0 Å². The quantitative estimate of drug-likeness (QED) is 0.926. The van der Waals surface area contributed by atoms with E-state index in [1.165, 1.54) is 11.1 Å². The maximum absolute atomic E-state index is 12.9. The summed E-state index contributed by atoms with van der Waals surface area (Å²) in [5.41, 5.74) is 2.65. The molecule has 23 heavy (non-hydrogen) atoms. The molecule has 0 spiro atoms. The van der Waals surface area contributed by atoms with E-state index in [-0.39, 0.29) is 18.1 Å². The Morgan fingerprint density at radius 3 is 2.74 bits per heavy atom. The van der Waals surface area contributed by atoms with Gasteiger partial charge in [-0.15, -0.1) is 0 Å². The molecule has 0 bridgehead atoms. The second-order valence-electron chi connectivity index (χ2n) is 7.07. The molecule has 1 N–H and O–H groups in total. The Morgan fingerprint density at radius 2 is 2.00 bits per heavy atom. The first kappa shape index (κ1) is 16.5. The molecule has 1 saturated heterocycles. The minimum Gasteiger partial charge on any atom is -0.393 e. The molecule has 0 aliphatic carbocycles. The molecule has 3 atom stereocenters. The van der Waals surface area contributed by atoms with Gasteiger partial charge in [0.05, 0.1) is 12.1 Å². The third-order valence-electron chi connectivity index (χ3n) is 5.33. The molecular weight excluding hydrogens is 288 g/mol. The van der Waals surface area contributed by atoms with Gasteiger partial charge in [-0.1, -0.05) is 24.3 Å². The van der Waals surface area contributed by atoms with Crippen LogP contribution >= 0.6 is 0 Å². The van der Waals surface area contributed by atoms with Crippen molar-refractivity contribution in [3.63, 3.8) is 0 Å². The van der Waals surface area contributed by atoms with E-state index >= 15 is 0 Å². The lowest BCUT2D eigenvalue weighted by Gasteiger charge is -2.36. The number of rotatable bonds is 4. The van der Waals surface area contributed by atoms with Crippen molar-refractivity contribution in [1.82, 2.24) is 9.80 Å². The maximum Gasteiger partial charge on any atom is 0.239 e. The number of amides is 1. The summed E-state index contributed by atoms with van der Waals surface area (Å²) in [4.78, 5) is 17.3. The molecule has 3 unspecified atom stereocenters. The second kappa shape index (κ2) is 7.02. The summed E-state index contributed by atoms with van der Waals surface area (Å²) < 4.78 is 0. The Balaban J connectivity index is 1.66. The molecule has 2 aliphatic heterocycles. The largest absolute Gasteiger partial charge is 0.393 e. The number of aliphatic hydroxyl groups is 1. The van der Waals surface area contributed by atoms with Crippen LogP contribution in [0, 0.1) is 0 Å². The van der Waals surface area contributed by atoms with E-state index in [4.69, 9.17) is 0 Å². The number of likely N-dealkylation sites (tertiary alicyclic amines) is 1. The number of benzene rings is 1. The molecule has 1 aromatic carbocycles. The van der Waals surface area contributed by atoms with E-state index < -0.39 is 0 Å². The summed E-state index contributed by atoms with van der Waals surface area (Å²) in [6, 6.07) is 8.67. The average Bonchev–Trinajstić information content (AvgIpc) is 3.00. The highest BCUT2D eigenvalue weighted by Crippen LogP contribution is 2.26. The minimum absolute atomic E-state index is 0.0912. The highest BCUT2D eigenvalue weighted by molar-refractivity contribution is 5.81. The third-order valence-corrected chi connectivity index (χ3v) is 5.33. The van der Waals surface area contributed by atoms with Crippen molar-refractivity contribution in [2.75, 3.05) is 13.1 Å². The standard InChI is InChI=1S/C19H28N2O2/c1-14(22)12-18-8-5-10-21(18)15(2)19(23)20-11-9-16-6-3-4-7-17(16)13-20/h3-4,6-7,14-15,18,22H,5,8-13H2,1-2H3. The van der Waals surface area contributed by atoms with Gasteiger partial charge in [-0.2, -0.15) is 0 Å². The Kier molecular flexibility index (Phi) is 5.02. The number of hydrogen-bond donors (Lipinski definition) is 1. The molecule has 0 saturated carbocycles. The first-order chi connectivity index (χ1) is 11.1. The van der Waals surface area contributed by atoms with E-state index in [1.54, 1.807) is 0 Å². The van der Waals surface area contributed by atoms with Crippen LogP contribution in [0.3, 0.4) is 0 Å². The number of carbonyl (C=O) groups is 1. The van der Waals surface area contributed by atoms with Crippen LogP contribution in [0.25, 0.3) is 0 Å². The van der Waals surface area contributed by atoms with Crippen molar-refractivity contribution in [3.05, 3.63) is 35.4 Å². The Morgan fingerprint density at radius 1 is 1.26 bits per heavy atom. The molecule has 4 nitrogen and oxygen atoms in total. The van der Waals surface area contributed by atoms with Gasteiger partial charge in [0.15, 0.2) is 0 Å². The lowest BCUT2D eigenvalue weighted by Crippen LogP contribution is -2.50. The Bertz CT molecular complexity index is 558. The normalized spacial score (nSPS) is 24.3. The topological polar surface area (TPSA) is 43.8 Å². The summed E-state index contributed by atoms with van der Waals surface area (Å²) in [6.45, 7) is 6.38. The van der Waals surface area contributed by atoms with Crippen LogP contribution in [0.4, 0.5) is 0 Å². The highest BCUT2D eigenvalue weighted by atomic mass is 16.3. The van der Waals surface area contributed by atoms with E-state index in [0.717, 1.165) is 45.3 Å². The third kappa shape index (κ3) is 3.59. The first-order valence-electron chi connectivity index (χ1n) is 8.85. The van der Waals surface area contributed by atoms with E-state index in [2.05, 4.69) is 29.2 Å². The number of fused-ring (bicyclic) bond motifs is 1. The van der Waals surface area contributed by atoms with Gasteiger partial charge in [0.1, 0.15) is 0 Å². The maximum atomic E-state index is 12.9. The van der Waals surface area contributed by atoms with Gasteiger partial charge < -0.3 is 10.0 Å². The van der Waals surface area contributed by atoms with Crippen LogP contribution in [0.2, 0.25) is 0 Å². The summed E-state index contributed by atoms with van der Waals surface area (Å²) in [5.74, 6) is 0.233. The van der Waals surface area contributed by atoms with Crippen molar-refractivity contribution in [2.24, 2.45) is 0 Å². The molecule has 0 radical (unpaired) electrons. The molecule has 3 rings (SSSR count). The first-order valence-corrected chi connectivity index (χ1v) is 8.85. The lowest BCUT2D eigenvalue weighted by molar-refractivity contribution is -0.138. The molecular formula is C19H28N2O2. The average molecular weight is 316 g/mol. The fraction of sp³-hybridized carbons (Fsp3) is 0.632. The van der Waals surface area contributed by atoms with E-state index in [0.29, 0.717) is 6.04 Å². The molecule has 2 heterocycles. The molecule has 1 fully saturated rings. The monoisotopic (exact) mass is 316 g/mol. The van der Waals surface area contributed by atoms with Crippen LogP contribution in [0.15, 0.2) is 24.3 Å². The van der Waals surface area contributed by atoms with Gasteiger partial charge in [0.25, 0.3) is 0 Å². The van der Waals surface area contributed by atoms with Crippen LogP contribution in [0.5, 0.6) is 0 Å². The number of nitrogens with zero attached hydrogens (tertiary/aromatic N) is 2. The van der Waals surface area contributed by atoms with Crippen LogP contribution in [-0.2, 0) is 17.8 Å². The number of carbonyl (C=O) groups excluding carboxylic acids is 1. The summed E-state index contributed by atoms with van der Waals surface area (Å²) in [5, 5.41) is 9.69.